The van der Waals surface area contributed by atoms with Gasteiger partial charge in [-0.3, -0.25) is 0 Å². The Hall–Kier alpha value is -2.51. The summed E-state index contributed by atoms with van der Waals surface area (Å²) in [5.41, 5.74) is -0.808. The molecule has 8 heteroatoms. The van der Waals surface area contributed by atoms with Crippen LogP contribution in [0.4, 0.5) is 18.0 Å². The van der Waals surface area contributed by atoms with E-state index in [1.165, 1.54) is 13.8 Å². The van der Waals surface area contributed by atoms with Crippen LogP contribution >= 0.6 is 0 Å². The Morgan fingerprint density at radius 3 is 2.45 bits per heavy atom. The molecule has 0 fully saturated rings. The van der Waals surface area contributed by atoms with Gasteiger partial charge in [-0.1, -0.05) is 18.2 Å². The minimum Gasteiger partial charge on any atom is -0.434 e. The summed E-state index contributed by atoms with van der Waals surface area (Å²) in [4.78, 5) is 11.3. The third-order valence-corrected chi connectivity index (χ3v) is 2.78. The van der Waals surface area contributed by atoms with E-state index in [9.17, 15) is 18.0 Å². The predicted molar refractivity (Wildman–Crippen MR) is 71.0 cm³/mol. The summed E-state index contributed by atoms with van der Waals surface area (Å²) >= 11 is 0. The Labute approximate surface area is 124 Å². The van der Waals surface area contributed by atoms with Gasteiger partial charge in [0, 0.05) is 0 Å². The Bertz CT molecular complexity index is 666. The first-order valence-electron chi connectivity index (χ1n) is 6.41. The van der Waals surface area contributed by atoms with Crippen molar-refractivity contribution in [1.82, 2.24) is 9.78 Å². The minimum atomic E-state index is -4.76. The predicted octanol–water partition coefficient (Wildman–Crippen LogP) is 3.73. The van der Waals surface area contributed by atoms with Crippen LogP contribution in [0.3, 0.4) is 0 Å². The molecule has 0 unspecified atom stereocenters. The molecule has 0 N–H and O–H groups in total. The lowest BCUT2D eigenvalue weighted by atomic mass is 10.3. The quantitative estimate of drug-likeness (QED) is 0.810. The smallest absolute Gasteiger partial charge is 0.434 e. The summed E-state index contributed by atoms with van der Waals surface area (Å²) < 4.78 is 49.5. The summed E-state index contributed by atoms with van der Waals surface area (Å²) in [7, 11) is 0. The average Bonchev–Trinajstić information content (AvgIpc) is 2.77. The molecule has 1 aromatic heterocycles. The van der Waals surface area contributed by atoms with Crippen LogP contribution in [-0.4, -0.2) is 22.5 Å². The van der Waals surface area contributed by atoms with Gasteiger partial charge >= 0.3 is 12.3 Å². The Morgan fingerprint density at radius 2 is 1.91 bits per heavy atom. The van der Waals surface area contributed by atoms with Crippen LogP contribution in [0.5, 0.6) is 5.75 Å². The number of hydrogen-bond donors (Lipinski definition) is 0. The number of rotatable bonds is 3. The van der Waals surface area contributed by atoms with Crippen LogP contribution in [0.25, 0.3) is 5.69 Å². The van der Waals surface area contributed by atoms with Crippen LogP contribution < -0.4 is 4.74 Å². The van der Waals surface area contributed by atoms with Gasteiger partial charge in [-0.2, -0.15) is 18.3 Å². The van der Waals surface area contributed by atoms with Gasteiger partial charge in [-0.05, 0) is 26.0 Å². The van der Waals surface area contributed by atoms with Crippen LogP contribution in [0.1, 0.15) is 18.3 Å². The van der Waals surface area contributed by atoms with Crippen molar-refractivity contribution < 1.29 is 27.4 Å². The summed E-state index contributed by atoms with van der Waals surface area (Å²) in [6, 6.07) is 8.23. The molecular weight excluding hydrogens is 301 g/mol. The van der Waals surface area contributed by atoms with E-state index in [2.05, 4.69) is 14.6 Å². The highest BCUT2D eigenvalue weighted by Gasteiger charge is 2.41. The van der Waals surface area contributed by atoms with Crippen molar-refractivity contribution in [1.29, 1.82) is 0 Å². The molecule has 118 valence electrons. The van der Waals surface area contributed by atoms with Crippen LogP contribution in [0, 0.1) is 6.92 Å². The summed E-state index contributed by atoms with van der Waals surface area (Å²) in [5, 5.41) is 3.52. The topological polar surface area (TPSA) is 53.4 Å². The molecule has 1 aromatic carbocycles. The largest absolute Gasteiger partial charge is 0.513 e. The molecule has 22 heavy (non-hydrogen) atoms. The number of para-hydroxylation sites is 1. The van der Waals surface area contributed by atoms with Crippen molar-refractivity contribution in [2.45, 2.75) is 20.0 Å². The second-order valence-corrected chi connectivity index (χ2v) is 4.29. The first-order chi connectivity index (χ1) is 10.3. The molecule has 0 saturated carbocycles. The number of aromatic nitrogens is 2. The van der Waals surface area contributed by atoms with Crippen molar-refractivity contribution in [3.8, 4) is 11.4 Å². The number of carbonyl (C=O) groups is 1. The minimum absolute atomic E-state index is 0.00788. The van der Waals surface area contributed by atoms with Crippen LogP contribution in [0.2, 0.25) is 0 Å². The normalized spacial score (nSPS) is 11.3. The number of carbonyl (C=O) groups excluding carboxylic acids is 1. The lowest BCUT2D eigenvalue weighted by molar-refractivity contribution is -0.142. The van der Waals surface area contributed by atoms with E-state index in [-0.39, 0.29) is 12.3 Å². The third-order valence-electron chi connectivity index (χ3n) is 2.78. The molecule has 0 aliphatic rings. The Balaban J connectivity index is 2.51. The molecule has 0 saturated heterocycles. The van der Waals surface area contributed by atoms with Crippen molar-refractivity contribution in [3.05, 3.63) is 41.7 Å². The maximum absolute atomic E-state index is 13.1. The Kier molecular flexibility index (Phi) is 4.39. The third kappa shape index (κ3) is 3.21. The summed E-state index contributed by atoms with van der Waals surface area (Å²) in [6.45, 7) is 2.89. The average molecular weight is 314 g/mol. The second kappa shape index (κ2) is 6.08. The molecule has 0 radical (unpaired) electrons. The number of benzene rings is 1. The van der Waals surface area contributed by atoms with Gasteiger partial charge in [0.25, 0.3) is 0 Å². The van der Waals surface area contributed by atoms with E-state index in [0.717, 1.165) is 4.68 Å². The molecule has 0 bridgehead atoms. The fraction of sp³-hybridized carbons (Fsp3) is 0.286. The molecule has 5 nitrogen and oxygen atoms in total. The first-order valence-corrected chi connectivity index (χ1v) is 6.41. The fourth-order valence-electron chi connectivity index (χ4n) is 1.85. The van der Waals surface area contributed by atoms with Gasteiger partial charge in [-0.15, -0.1) is 0 Å². The van der Waals surface area contributed by atoms with Crippen molar-refractivity contribution in [2.75, 3.05) is 6.61 Å². The lowest BCUT2D eigenvalue weighted by Crippen LogP contribution is -2.14. The van der Waals surface area contributed by atoms with E-state index in [0.29, 0.717) is 5.69 Å². The highest BCUT2D eigenvalue weighted by Crippen LogP contribution is 2.38. The van der Waals surface area contributed by atoms with Gasteiger partial charge in [0.15, 0.2) is 5.75 Å². The molecule has 0 amide bonds. The standard InChI is InChI=1S/C14H13F3N2O3/c1-3-21-13(20)22-11-9(2)19(10-7-5-4-6-8-10)18-12(11)14(15,16)17/h4-8H,3H2,1-2H3. The highest BCUT2D eigenvalue weighted by molar-refractivity contribution is 5.65. The zero-order valence-electron chi connectivity index (χ0n) is 11.8. The zero-order valence-corrected chi connectivity index (χ0v) is 11.8. The van der Waals surface area contributed by atoms with Crippen LogP contribution in [-0.2, 0) is 10.9 Å². The number of hydrogen-bond acceptors (Lipinski definition) is 4. The van der Waals surface area contributed by atoms with E-state index >= 15 is 0 Å². The van der Waals surface area contributed by atoms with Gasteiger partial charge < -0.3 is 9.47 Å². The fourth-order valence-corrected chi connectivity index (χ4v) is 1.85. The number of ether oxygens (including phenoxy) is 2. The molecule has 1 heterocycles. The highest BCUT2D eigenvalue weighted by atomic mass is 19.4. The molecule has 0 aliphatic heterocycles. The summed E-state index contributed by atoms with van der Waals surface area (Å²) in [6.07, 6.45) is -5.96. The van der Waals surface area contributed by atoms with E-state index < -0.39 is 23.8 Å². The molecule has 2 aromatic rings. The van der Waals surface area contributed by atoms with E-state index in [1.807, 2.05) is 0 Å². The van der Waals surface area contributed by atoms with Crippen molar-refractivity contribution >= 4 is 6.16 Å². The van der Waals surface area contributed by atoms with Gasteiger partial charge in [0.05, 0.1) is 18.0 Å². The number of nitrogens with zero attached hydrogens (tertiary/aromatic N) is 2. The van der Waals surface area contributed by atoms with Gasteiger partial charge in [0.2, 0.25) is 5.69 Å². The van der Waals surface area contributed by atoms with Gasteiger partial charge in [0.1, 0.15) is 0 Å². The number of alkyl halides is 3. The first kappa shape index (κ1) is 15.9. The number of halogens is 3. The van der Waals surface area contributed by atoms with E-state index in [1.54, 1.807) is 30.3 Å². The van der Waals surface area contributed by atoms with Crippen molar-refractivity contribution in [3.63, 3.8) is 0 Å². The molecule has 2 rings (SSSR count). The van der Waals surface area contributed by atoms with E-state index in [4.69, 9.17) is 0 Å². The SMILES string of the molecule is CCOC(=O)Oc1c(C(F)(F)F)nn(-c2ccccc2)c1C. The monoisotopic (exact) mass is 314 g/mol. The Morgan fingerprint density at radius 1 is 1.27 bits per heavy atom. The van der Waals surface area contributed by atoms with Gasteiger partial charge in [-0.25, -0.2) is 9.48 Å². The molecule has 0 spiro atoms. The molecule has 0 atom stereocenters. The second-order valence-electron chi connectivity index (χ2n) is 4.29. The maximum atomic E-state index is 13.1. The zero-order chi connectivity index (χ0) is 16.3. The molecular formula is C14H13F3N2O3. The molecule has 0 aliphatic carbocycles. The summed E-state index contributed by atoms with van der Waals surface area (Å²) in [5.74, 6) is -0.658. The lowest BCUT2D eigenvalue weighted by Gasteiger charge is -2.07. The van der Waals surface area contributed by atoms with Crippen molar-refractivity contribution in [2.24, 2.45) is 0 Å². The van der Waals surface area contributed by atoms with Crippen LogP contribution in [0.15, 0.2) is 30.3 Å². The maximum Gasteiger partial charge on any atom is 0.513 e.